The molecule has 0 bridgehead atoms. The summed E-state index contributed by atoms with van der Waals surface area (Å²) in [5.74, 6) is -3.05. The van der Waals surface area contributed by atoms with Gasteiger partial charge in [0.15, 0.2) is 17.4 Å². The van der Waals surface area contributed by atoms with E-state index in [2.05, 4.69) is 9.97 Å². The molecule has 0 radical (unpaired) electrons. The molecule has 0 aliphatic carbocycles. The summed E-state index contributed by atoms with van der Waals surface area (Å²) < 4.78 is 79.4. The fraction of sp³-hybridized carbons (Fsp3) is 0.318. The van der Waals surface area contributed by atoms with Crippen molar-refractivity contribution in [1.82, 2.24) is 14.5 Å². The van der Waals surface area contributed by atoms with E-state index in [1.54, 1.807) is 6.07 Å². The molecule has 34 heavy (non-hydrogen) atoms. The number of benzene rings is 1. The molecule has 1 aromatic carbocycles. The minimum absolute atomic E-state index is 0.00613. The average molecular weight is 482 g/mol. The molecule has 0 N–H and O–H groups in total. The third-order valence-electron chi connectivity index (χ3n) is 5.46. The molecule has 3 heterocycles. The summed E-state index contributed by atoms with van der Waals surface area (Å²) >= 11 is 0. The van der Waals surface area contributed by atoms with Crippen molar-refractivity contribution in [2.75, 3.05) is 11.9 Å². The number of aromatic nitrogens is 3. The van der Waals surface area contributed by atoms with Gasteiger partial charge in [0.05, 0.1) is 11.8 Å². The molecule has 0 spiro atoms. The van der Waals surface area contributed by atoms with E-state index >= 15 is 0 Å². The van der Waals surface area contributed by atoms with Gasteiger partial charge in [-0.1, -0.05) is 0 Å². The number of alkyl halides is 3. The zero-order chi connectivity index (χ0) is 24.6. The van der Waals surface area contributed by atoms with Gasteiger partial charge in [-0.2, -0.15) is 18.2 Å². The van der Waals surface area contributed by atoms with Crippen LogP contribution in [-0.2, 0) is 19.3 Å². The lowest BCUT2D eigenvalue weighted by Crippen LogP contribution is -2.41. The SMILES string of the molecule is CC1CCn2c(cc(OCc3cc(F)c(Oc4cncc(C(F)(F)F)c4)c(F)c3)nc2=O)N1C. The number of ether oxygens (including phenoxy) is 2. The van der Waals surface area contributed by atoms with E-state index in [4.69, 9.17) is 9.47 Å². The second kappa shape index (κ2) is 8.92. The van der Waals surface area contributed by atoms with Gasteiger partial charge in [-0.15, -0.1) is 0 Å². The highest BCUT2D eigenvalue weighted by atomic mass is 19.4. The summed E-state index contributed by atoms with van der Waals surface area (Å²) in [6, 6.07) is 4.19. The number of pyridine rings is 1. The summed E-state index contributed by atoms with van der Waals surface area (Å²) in [5.41, 5.74) is -1.56. The smallest absolute Gasteiger partial charge is 0.418 e. The van der Waals surface area contributed by atoms with E-state index in [0.717, 1.165) is 24.8 Å². The third kappa shape index (κ3) is 4.80. The van der Waals surface area contributed by atoms with Gasteiger partial charge >= 0.3 is 11.9 Å². The Morgan fingerprint density at radius 1 is 1.12 bits per heavy atom. The number of anilines is 1. The van der Waals surface area contributed by atoms with Crippen LogP contribution in [-0.4, -0.2) is 27.6 Å². The molecule has 1 aliphatic heterocycles. The third-order valence-corrected chi connectivity index (χ3v) is 5.46. The van der Waals surface area contributed by atoms with Crippen LogP contribution in [0.3, 0.4) is 0 Å². The Kier molecular flexibility index (Phi) is 6.15. The molecular formula is C22H19F5N4O3. The van der Waals surface area contributed by atoms with Gasteiger partial charge < -0.3 is 14.4 Å². The highest BCUT2D eigenvalue weighted by Crippen LogP contribution is 2.34. The highest BCUT2D eigenvalue weighted by Gasteiger charge is 2.31. The zero-order valence-corrected chi connectivity index (χ0v) is 18.1. The molecule has 0 saturated heterocycles. The molecule has 0 fully saturated rings. The van der Waals surface area contributed by atoms with Gasteiger partial charge in [-0.3, -0.25) is 9.55 Å². The Labute approximate surface area is 190 Å². The number of halogens is 5. The lowest BCUT2D eigenvalue weighted by molar-refractivity contribution is -0.137. The summed E-state index contributed by atoms with van der Waals surface area (Å²) in [6.45, 7) is 2.22. The van der Waals surface area contributed by atoms with Crippen LogP contribution in [0, 0.1) is 11.6 Å². The van der Waals surface area contributed by atoms with Crippen molar-refractivity contribution < 1.29 is 31.4 Å². The maximum Gasteiger partial charge on any atom is 0.418 e. The van der Waals surface area contributed by atoms with Gasteiger partial charge in [0.2, 0.25) is 5.88 Å². The molecule has 12 heteroatoms. The molecule has 3 aromatic rings. The lowest BCUT2D eigenvalue weighted by Gasteiger charge is -2.34. The molecule has 7 nitrogen and oxygen atoms in total. The second-order valence-corrected chi connectivity index (χ2v) is 7.82. The van der Waals surface area contributed by atoms with Crippen LogP contribution in [0.2, 0.25) is 0 Å². The maximum atomic E-state index is 14.5. The van der Waals surface area contributed by atoms with Crippen LogP contribution in [0.15, 0.2) is 41.5 Å². The van der Waals surface area contributed by atoms with Crippen molar-refractivity contribution in [3.63, 3.8) is 0 Å². The van der Waals surface area contributed by atoms with Crippen molar-refractivity contribution in [1.29, 1.82) is 0 Å². The summed E-state index contributed by atoms with van der Waals surface area (Å²) in [6.07, 6.45) is -2.43. The van der Waals surface area contributed by atoms with Crippen LogP contribution in [0.5, 0.6) is 17.4 Å². The molecule has 1 atom stereocenters. The molecule has 1 unspecified atom stereocenters. The van der Waals surface area contributed by atoms with Crippen LogP contribution in [0.4, 0.5) is 27.8 Å². The largest absolute Gasteiger partial charge is 0.473 e. The Hall–Kier alpha value is -3.70. The predicted molar refractivity (Wildman–Crippen MR) is 111 cm³/mol. The van der Waals surface area contributed by atoms with Gasteiger partial charge in [-0.05, 0) is 37.1 Å². The fourth-order valence-corrected chi connectivity index (χ4v) is 3.48. The number of hydrogen-bond acceptors (Lipinski definition) is 6. The van der Waals surface area contributed by atoms with Gasteiger partial charge in [0.1, 0.15) is 18.2 Å². The van der Waals surface area contributed by atoms with Crippen LogP contribution in [0.25, 0.3) is 0 Å². The number of hydrogen-bond donors (Lipinski definition) is 0. The predicted octanol–water partition coefficient (Wildman–Crippen LogP) is 4.54. The van der Waals surface area contributed by atoms with Crippen LogP contribution in [0.1, 0.15) is 24.5 Å². The molecule has 180 valence electrons. The molecule has 0 amide bonds. The van der Waals surface area contributed by atoms with E-state index in [9.17, 15) is 26.7 Å². The van der Waals surface area contributed by atoms with E-state index in [-0.39, 0.29) is 24.1 Å². The first-order valence-corrected chi connectivity index (χ1v) is 10.2. The Bertz CT molecular complexity index is 1260. The zero-order valence-electron chi connectivity index (χ0n) is 18.1. The maximum absolute atomic E-state index is 14.5. The number of nitrogens with zero attached hydrogens (tertiary/aromatic N) is 4. The van der Waals surface area contributed by atoms with Gasteiger partial charge in [0, 0.05) is 31.9 Å². The first-order valence-electron chi connectivity index (χ1n) is 10.2. The Balaban J connectivity index is 1.51. The highest BCUT2D eigenvalue weighted by molar-refractivity contribution is 5.44. The minimum atomic E-state index is -4.69. The quantitative estimate of drug-likeness (QED) is 0.498. The van der Waals surface area contributed by atoms with Crippen molar-refractivity contribution in [2.45, 2.75) is 38.7 Å². The van der Waals surface area contributed by atoms with Crippen molar-refractivity contribution in [3.8, 4) is 17.4 Å². The van der Waals surface area contributed by atoms with Crippen molar-refractivity contribution in [2.24, 2.45) is 0 Å². The molecule has 4 rings (SSSR count). The van der Waals surface area contributed by atoms with Crippen LogP contribution < -0.4 is 20.1 Å². The van der Waals surface area contributed by atoms with Gasteiger partial charge in [0.25, 0.3) is 0 Å². The Morgan fingerprint density at radius 3 is 2.50 bits per heavy atom. The lowest BCUT2D eigenvalue weighted by atomic mass is 10.1. The monoisotopic (exact) mass is 482 g/mol. The second-order valence-electron chi connectivity index (χ2n) is 7.82. The Morgan fingerprint density at radius 2 is 1.82 bits per heavy atom. The number of rotatable bonds is 5. The molecule has 1 aliphatic rings. The summed E-state index contributed by atoms with van der Waals surface area (Å²) in [5, 5.41) is 0. The fourth-order valence-electron chi connectivity index (χ4n) is 3.48. The van der Waals surface area contributed by atoms with Crippen molar-refractivity contribution in [3.05, 3.63) is 69.9 Å². The average Bonchev–Trinajstić information content (AvgIpc) is 2.77. The molecule has 0 saturated carbocycles. The van der Waals surface area contributed by atoms with Gasteiger partial charge in [-0.25, -0.2) is 13.6 Å². The summed E-state index contributed by atoms with van der Waals surface area (Å²) in [7, 11) is 1.84. The first-order chi connectivity index (χ1) is 16.0. The van der Waals surface area contributed by atoms with E-state index in [1.807, 2.05) is 18.9 Å². The molecule has 2 aromatic heterocycles. The summed E-state index contributed by atoms with van der Waals surface area (Å²) in [4.78, 5) is 21.4. The topological polar surface area (TPSA) is 69.5 Å². The first kappa shape index (κ1) is 23.5. The van der Waals surface area contributed by atoms with Crippen LogP contribution >= 0.6 is 0 Å². The molecular weight excluding hydrogens is 463 g/mol. The standard InChI is InChI=1S/C22H19F5N4O3/c1-12-3-4-31-19(30(12)2)8-18(29-21(31)32)33-11-13-5-16(23)20(17(24)6-13)34-15-7-14(9-28-10-15)22(25,26)27/h5-10,12H,3-4,11H2,1-2H3. The normalized spacial score (nSPS) is 15.7. The number of fused-ring (bicyclic) bond motifs is 1. The van der Waals surface area contributed by atoms with Crippen molar-refractivity contribution >= 4 is 5.82 Å². The minimum Gasteiger partial charge on any atom is -0.473 e. The van der Waals surface area contributed by atoms with E-state index in [1.165, 1.54) is 4.57 Å². The van der Waals surface area contributed by atoms with E-state index in [0.29, 0.717) is 24.6 Å². The van der Waals surface area contributed by atoms with E-state index < -0.39 is 40.6 Å².